The molecule has 0 bridgehead atoms. The van der Waals surface area contributed by atoms with Crippen LogP contribution in [-0.4, -0.2) is 13.4 Å². The summed E-state index contributed by atoms with van der Waals surface area (Å²) in [7, 11) is -3.75. The molecule has 0 aliphatic heterocycles. The smallest absolute Gasteiger partial charge is 0.244 e. The van der Waals surface area contributed by atoms with E-state index in [2.05, 4.69) is 31.1 Å². The fraction of sp³-hybridized carbons (Fsp3) is 0.100. The molecule has 0 amide bonds. The van der Waals surface area contributed by atoms with Gasteiger partial charge in [-0.05, 0) is 34.1 Å². The Bertz CT molecular complexity index is 657. The molecular formula is C10H11BrN4O3S. The predicted octanol–water partition coefficient (Wildman–Crippen LogP) is 1.20. The summed E-state index contributed by atoms with van der Waals surface area (Å²) >= 11 is 3.17. The molecule has 2 rings (SSSR count). The third-order valence-electron chi connectivity index (χ3n) is 2.26. The highest BCUT2D eigenvalue weighted by Crippen LogP contribution is 2.22. The average Bonchev–Trinajstić information content (AvgIpc) is 2.89. The Hall–Kier alpha value is -1.42. The van der Waals surface area contributed by atoms with Crippen molar-refractivity contribution in [3.05, 3.63) is 40.9 Å². The third-order valence-corrected chi connectivity index (χ3v) is 4.11. The minimum atomic E-state index is -3.75. The van der Waals surface area contributed by atoms with E-state index in [9.17, 15) is 8.42 Å². The number of anilines is 1. The van der Waals surface area contributed by atoms with Gasteiger partial charge < -0.3 is 9.84 Å². The number of nitrogens with zero attached hydrogens (tertiary/aromatic N) is 1. The molecule has 0 aliphatic rings. The number of hydrogen-bond acceptors (Lipinski definition) is 6. The van der Waals surface area contributed by atoms with Gasteiger partial charge in [0.15, 0.2) is 5.82 Å². The monoisotopic (exact) mass is 346 g/mol. The van der Waals surface area contributed by atoms with E-state index in [-0.39, 0.29) is 17.3 Å². The molecule has 102 valence electrons. The molecule has 4 N–H and O–H groups in total. The zero-order valence-corrected chi connectivity index (χ0v) is 12.0. The van der Waals surface area contributed by atoms with E-state index in [0.29, 0.717) is 10.2 Å². The number of aromatic nitrogens is 1. The van der Waals surface area contributed by atoms with Crippen LogP contribution in [0.1, 0.15) is 5.76 Å². The molecular weight excluding hydrogens is 336 g/mol. The number of nitrogens with one attached hydrogen (secondary N) is 2. The number of hydrazine groups is 1. The molecule has 0 aliphatic carbocycles. The predicted molar refractivity (Wildman–Crippen MR) is 72.5 cm³/mol. The molecule has 9 heteroatoms. The molecule has 0 fully saturated rings. The topological polar surface area (TPSA) is 110 Å². The summed E-state index contributed by atoms with van der Waals surface area (Å²) in [4.78, 5) is 3.84. The molecule has 0 radical (unpaired) electrons. The summed E-state index contributed by atoms with van der Waals surface area (Å²) in [6, 6.07) is 4.76. The molecule has 19 heavy (non-hydrogen) atoms. The Morgan fingerprint density at radius 1 is 1.47 bits per heavy atom. The molecule has 0 unspecified atom stereocenters. The van der Waals surface area contributed by atoms with Gasteiger partial charge >= 0.3 is 0 Å². The Balaban J connectivity index is 2.26. The van der Waals surface area contributed by atoms with Gasteiger partial charge in [0.2, 0.25) is 10.0 Å². The van der Waals surface area contributed by atoms with Crippen LogP contribution in [0, 0.1) is 0 Å². The first kappa shape index (κ1) is 14.0. The maximum atomic E-state index is 12.2. The minimum absolute atomic E-state index is 0.0454. The normalized spacial score (nSPS) is 11.5. The highest BCUT2D eigenvalue weighted by Gasteiger charge is 2.20. The van der Waals surface area contributed by atoms with Crippen molar-refractivity contribution < 1.29 is 12.8 Å². The number of rotatable bonds is 5. The van der Waals surface area contributed by atoms with Gasteiger partial charge in [-0.3, -0.25) is 0 Å². The molecule has 2 heterocycles. The summed E-state index contributed by atoms with van der Waals surface area (Å²) in [5.41, 5.74) is 2.25. The van der Waals surface area contributed by atoms with Gasteiger partial charge in [0.25, 0.3) is 0 Å². The van der Waals surface area contributed by atoms with E-state index < -0.39 is 10.0 Å². The van der Waals surface area contributed by atoms with E-state index in [1.807, 2.05) is 0 Å². The fourth-order valence-corrected chi connectivity index (χ4v) is 3.01. The summed E-state index contributed by atoms with van der Waals surface area (Å²) in [6.07, 6.45) is 2.91. The lowest BCUT2D eigenvalue weighted by Crippen LogP contribution is -2.25. The lowest BCUT2D eigenvalue weighted by atomic mass is 10.5. The van der Waals surface area contributed by atoms with Gasteiger partial charge in [-0.15, -0.1) is 0 Å². The van der Waals surface area contributed by atoms with Crippen LogP contribution < -0.4 is 16.0 Å². The van der Waals surface area contributed by atoms with Crippen LogP contribution in [0.25, 0.3) is 0 Å². The van der Waals surface area contributed by atoms with Crippen molar-refractivity contribution in [2.45, 2.75) is 11.4 Å². The maximum Gasteiger partial charge on any atom is 0.244 e. The molecule has 2 aromatic heterocycles. The van der Waals surface area contributed by atoms with Gasteiger partial charge in [0.05, 0.1) is 12.8 Å². The van der Waals surface area contributed by atoms with Crippen molar-refractivity contribution in [3.8, 4) is 0 Å². The van der Waals surface area contributed by atoms with Crippen LogP contribution in [0.2, 0.25) is 0 Å². The van der Waals surface area contributed by atoms with Crippen LogP contribution in [0.15, 0.2) is 44.4 Å². The highest BCUT2D eigenvalue weighted by molar-refractivity contribution is 9.10. The quantitative estimate of drug-likeness (QED) is 0.554. The van der Waals surface area contributed by atoms with Crippen molar-refractivity contribution in [2.75, 3.05) is 5.43 Å². The first-order valence-electron chi connectivity index (χ1n) is 5.17. The Morgan fingerprint density at radius 2 is 2.26 bits per heavy atom. The minimum Gasteiger partial charge on any atom is -0.468 e. The van der Waals surface area contributed by atoms with E-state index in [0.717, 1.165) is 0 Å². The van der Waals surface area contributed by atoms with Gasteiger partial charge in [-0.1, -0.05) is 0 Å². The number of sulfonamides is 1. The van der Waals surface area contributed by atoms with Gasteiger partial charge in [0, 0.05) is 10.7 Å². The van der Waals surface area contributed by atoms with Crippen LogP contribution in [-0.2, 0) is 16.6 Å². The molecule has 7 nitrogen and oxygen atoms in total. The number of nitrogens with two attached hydrogens (primary N) is 1. The summed E-state index contributed by atoms with van der Waals surface area (Å²) < 4.78 is 32.3. The molecule has 0 atom stereocenters. The molecule has 0 spiro atoms. The standard InChI is InChI=1S/C10H11BrN4O3S/c11-7-4-9(10(15-12)13-5-7)19(16,17)14-6-8-2-1-3-18-8/h1-5,14H,6,12H2,(H,13,15). The zero-order chi connectivity index (χ0) is 13.9. The molecule has 2 aromatic rings. The van der Waals surface area contributed by atoms with E-state index in [1.54, 1.807) is 12.1 Å². The first-order valence-corrected chi connectivity index (χ1v) is 7.45. The summed E-state index contributed by atoms with van der Waals surface area (Å²) in [5, 5.41) is 0. The molecule has 0 aromatic carbocycles. The Morgan fingerprint density at radius 3 is 2.89 bits per heavy atom. The summed E-state index contributed by atoms with van der Waals surface area (Å²) in [6.45, 7) is 0.0475. The summed E-state index contributed by atoms with van der Waals surface area (Å²) in [5.74, 6) is 5.82. The zero-order valence-electron chi connectivity index (χ0n) is 9.63. The van der Waals surface area contributed by atoms with E-state index in [4.69, 9.17) is 10.3 Å². The van der Waals surface area contributed by atoms with Crippen molar-refractivity contribution in [1.82, 2.24) is 9.71 Å². The second kappa shape index (κ2) is 5.70. The van der Waals surface area contributed by atoms with Crippen molar-refractivity contribution in [2.24, 2.45) is 5.84 Å². The Kier molecular flexibility index (Phi) is 4.20. The Labute approximate surface area is 118 Å². The van der Waals surface area contributed by atoms with Gasteiger partial charge in [-0.25, -0.2) is 24.0 Å². The van der Waals surface area contributed by atoms with Gasteiger partial charge in [-0.2, -0.15) is 0 Å². The lowest BCUT2D eigenvalue weighted by Gasteiger charge is -2.09. The first-order chi connectivity index (χ1) is 9.03. The number of hydrogen-bond donors (Lipinski definition) is 3. The molecule has 0 saturated carbocycles. The average molecular weight is 347 g/mol. The lowest BCUT2D eigenvalue weighted by molar-refractivity contribution is 0.498. The van der Waals surface area contributed by atoms with Crippen LogP contribution in [0.3, 0.4) is 0 Å². The van der Waals surface area contributed by atoms with Crippen molar-refractivity contribution in [3.63, 3.8) is 0 Å². The SMILES string of the molecule is NNc1ncc(Br)cc1S(=O)(=O)NCc1ccco1. The number of halogens is 1. The van der Waals surface area contributed by atoms with Gasteiger partial charge in [0.1, 0.15) is 10.7 Å². The second-order valence-corrected chi connectivity index (χ2v) is 6.20. The van der Waals surface area contributed by atoms with Crippen molar-refractivity contribution in [1.29, 1.82) is 0 Å². The largest absolute Gasteiger partial charge is 0.468 e. The van der Waals surface area contributed by atoms with E-state index >= 15 is 0 Å². The number of nitrogen functional groups attached to an aromatic ring is 1. The van der Waals surface area contributed by atoms with Crippen LogP contribution in [0.4, 0.5) is 5.82 Å². The highest BCUT2D eigenvalue weighted by atomic mass is 79.9. The van der Waals surface area contributed by atoms with Crippen LogP contribution in [0.5, 0.6) is 0 Å². The second-order valence-electron chi connectivity index (χ2n) is 3.55. The van der Waals surface area contributed by atoms with Crippen molar-refractivity contribution >= 4 is 31.8 Å². The van der Waals surface area contributed by atoms with E-state index in [1.165, 1.54) is 18.5 Å². The van der Waals surface area contributed by atoms with Crippen LogP contribution >= 0.6 is 15.9 Å². The maximum absolute atomic E-state index is 12.2. The third kappa shape index (κ3) is 3.32. The molecule has 0 saturated heterocycles. The number of furan rings is 1. The number of pyridine rings is 1. The fourth-order valence-electron chi connectivity index (χ4n) is 1.39.